The highest BCUT2D eigenvalue weighted by Crippen LogP contribution is 2.32. The number of methoxy groups -OCH3 is 1. The molecule has 0 spiro atoms. The number of carbonyl (C=O) groups is 2. The maximum Gasteiger partial charge on any atom is 0.416 e. The Kier molecular flexibility index (Phi) is 6.69. The Morgan fingerprint density at radius 1 is 1.14 bits per heavy atom. The molecule has 28 heavy (non-hydrogen) atoms. The molecule has 0 saturated heterocycles. The zero-order valence-electron chi connectivity index (χ0n) is 14.9. The molecule has 2 rings (SSSR count). The van der Waals surface area contributed by atoms with Gasteiger partial charge in [0.1, 0.15) is 0 Å². The number of carbonyl (C=O) groups excluding carboxylic acids is 2. The molecular formula is C19H16ClF3N2O3. The fourth-order valence-corrected chi connectivity index (χ4v) is 2.39. The van der Waals surface area contributed by atoms with Crippen LogP contribution in [0.4, 0.5) is 29.3 Å². The molecule has 0 aromatic heterocycles. The van der Waals surface area contributed by atoms with Crippen LogP contribution >= 0.6 is 11.6 Å². The highest BCUT2D eigenvalue weighted by molar-refractivity contribution is 6.32. The van der Waals surface area contributed by atoms with Gasteiger partial charge in [0.2, 0.25) is 5.91 Å². The molecule has 2 aromatic rings. The first-order valence-electron chi connectivity index (χ1n) is 7.89. The second-order valence-electron chi connectivity index (χ2n) is 5.63. The second kappa shape index (κ2) is 8.79. The van der Waals surface area contributed by atoms with Crippen molar-refractivity contribution in [1.82, 2.24) is 0 Å². The summed E-state index contributed by atoms with van der Waals surface area (Å²) < 4.78 is 42.9. The maximum absolute atomic E-state index is 12.8. The summed E-state index contributed by atoms with van der Waals surface area (Å²) >= 11 is 5.88. The molecule has 0 aliphatic carbocycles. The smallest absolute Gasteiger partial charge is 0.416 e. The van der Waals surface area contributed by atoms with E-state index >= 15 is 0 Å². The van der Waals surface area contributed by atoms with E-state index in [0.29, 0.717) is 11.4 Å². The van der Waals surface area contributed by atoms with Crippen LogP contribution in [0.25, 0.3) is 6.08 Å². The zero-order valence-corrected chi connectivity index (χ0v) is 15.6. The van der Waals surface area contributed by atoms with Gasteiger partial charge >= 0.3 is 12.3 Å². The lowest BCUT2D eigenvalue weighted by Gasteiger charge is -2.15. The number of amides is 2. The Morgan fingerprint density at radius 3 is 2.36 bits per heavy atom. The number of nitrogens with one attached hydrogen (secondary N) is 1. The largest absolute Gasteiger partial charge is 0.452 e. The Bertz CT molecular complexity index is 896. The van der Waals surface area contributed by atoms with E-state index in [-0.39, 0.29) is 10.6 Å². The van der Waals surface area contributed by atoms with E-state index in [0.717, 1.165) is 24.3 Å². The van der Waals surface area contributed by atoms with E-state index in [9.17, 15) is 22.8 Å². The van der Waals surface area contributed by atoms with Gasteiger partial charge in [-0.05, 0) is 54.1 Å². The highest BCUT2D eigenvalue weighted by Gasteiger charge is 2.30. The van der Waals surface area contributed by atoms with E-state index in [1.807, 2.05) is 0 Å². The molecular weight excluding hydrogens is 397 g/mol. The van der Waals surface area contributed by atoms with Crippen molar-refractivity contribution >= 4 is 41.1 Å². The molecule has 0 saturated carbocycles. The van der Waals surface area contributed by atoms with Gasteiger partial charge < -0.3 is 10.1 Å². The minimum absolute atomic E-state index is 0.0710. The highest BCUT2D eigenvalue weighted by atomic mass is 35.5. The Hall–Kier alpha value is -3.00. The summed E-state index contributed by atoms with van der Waals surface area (Å²) in [4.78, 5) is 24.7. The number of halogens is 4. The first-order chi connectivity index (χ1) is 13.1. The van der Waals surface area contributed by atoms with E-state index < -0.39 is 23.7 Å². The summed E-state index contributed by atoms with van der Waals surface area (Å²) in [5, 5.41) is 2.65. The van der Waals surface area contributed by atoms with E-state index in [2.05, 4.69) is 10.1 Å². The van der Waals surface area contributed by atoms with Gasteiger partial charge in [-0.15, -0.1) is 0 Å². The van der Waals surface area contributed by atoms with Gasteiger partial charge in [-0.3, -0.25) is 9.69 Å². The van der Waals surface area contributed by atoms with Crippen LogP contribution in [0.2, 0.25) is 5.02 Å². The van der Waals surface area contributed by atoms with Crippen LogP contribution in [0.15, 0.2) is 48.5 Å². The molecule has 5 nitrogen and oxygen atoms in total. The molecule has 0 aliphatic heterocycles. The van der Waals surface area contributed by atoms with Gasteiger partial charge in [-0.1, -0.05) is 11.6 Å². The third-order valence-electron chi connectivity index (χ3n) is 3.71. The monoisotopic (exact) mass is 412 g/mol. The van der Waals surface area contributed by atoms with Crippen molar-refractivity contribution in [3.63, 3.8) is 0 Å². The third kappa shape index (κ3) is 5.50. The summed E-state index contributed by atoms with van der Waals surface area (Å²) in [7, 11) is 2.79. The van der Waals surface area contributed by atoms with E-state index in [1.165, 1.54) is 25.1 Å². The fraction of sp³-hybridized carbons (Fsp3) is 0.158. The summed E-state index contributed by atoms with van der Waals surface area (Å²) in [6.07, 6.45) is -2.77. The zero-order chi connectivity index (χ0) is 20.9. The van der Waals surface area contributed by atoms with Crippen molar-refractivity contribution in [1.29, 1.82) is 0 Å². The normalized spacial score (nSPS) is 11.4. The molecule has 148 valence electrons. The Labute approximate surface area is 164 Å². The predicted molar refractivity (Wildman–Crippen MR) is 101 cm³/mol. The molecule has 0 radical (unpaired) electrons. The van der Waals surface area contributed by atoms with Gasteiger partial charge in [0.05, 0.1) is 12.7 Å². The lowest BCUT2D eigenvalue weighted by molar-refractivity contribution is -0.137. The number of nitrogens with zero attached hydrogens (tertiary/aromatic N) is 1. The minimum Gasteiger partial charge on any atom is -0.452 e. The predicted octanol–water partition coefficient (Wildman–Crippen LogP) is 5.21. The van der Waals surface area contributed by atoms with Gasteiger partial charge in [-0.25, -0.2) is 4.79 Å². The fourth-order valence-electron chi connectivity index (χ4n) is 2.21. The third-order valence-corrected chi connectivity index (χ3v) is 4.05. The van der Waals surface area contributed by atoms with Crippen molar-refractivity contribution < 1.29 is 27.5 Å². The van der Waals surface area contributed by atoms with Crippen molar-refractivity contribution in [2.45, 2.75) is 6.18 Å². The average Bonchev–Trinajstić information content (AvgIpc) is 2.65. The quantitative estimate of drug-likeness (QED) is 0.701. The van der Waals surface area contributed by atoms with Gasteiger partial charge in [0.25, 0.3) is 0 Å². The van der Waals surface area contributed by atoms with Crippen LogP contribution in [0.3, 0.4) is 0 Å². The minimum atomic E-state index is -4.51. The lowest BCUT2D eigenvalue weighted by Crippen LogP contribution is -2.25. The number of hydrogen-bond acceptors (Lipinski definition) is 3. The number of anilines is 2. The summed E-state index contributed by atoms with van der Waals surface area (Å²) in [6.45, 7) is 0. The molecule has 0 unspecified atom stereocenters. The second-order valence-corrected chi connectivity index (χ2v) is 6.04. The van der Waals surface area contributed by atoms with Crippen molar-refractivity contribution in [2.24, 2.45) is 0 Å². The van der Waals surface area contributed by atoms with Gasteiger partial charge in [0.15, 0.2) is 0 Å². The standard InChI is InChI=1S/C19H16ClF3N2O3/c1-25(18(27)28-2)15-7-5-14(6-8-15)24-17(26)10-3-12-11-13(19(21,22)23)4-9-16(12)20/h3-11H,1-2H3,(H,24,26). The van der Waals surface area contributed by atoms with Crippen LogP contribution in [0.1, 0.15) is 11.1 Å². The van der Waals surface area contributed by atoms with Gasteiger partial charge in [0, 0.05) is 29.5 Å². The molecule has 0 heterocycles. The number of alkyl halides is 3. The van der Waals surface area contributed by atoms with Crippen molar-refractivity contribution in [3.05, 3.63) is 64.7 Å². The molecule has 0 aliphatic rings. The molecule has 9 heteroatoms. The lowest BCUT2D eigenvalue weighted by atomic mass is 10.1. The molecule has 0 fully saturated rings. The molecule has 0 bridgehead atoms. The topological polar surface area (TPSA) is 58.6 Å². The van der Waals surface area contributed by atoms with Crippen LogP contribution in [-0.4, -0.2) is 26.2 Å². The van der Waals surface area contributed by atoms with E-state index in [1.54, 1.807) is 24.3 Å². The summed E-state index contributed by atoms with van der Waals surface area (Å²) in [6, 6.07) is 9.18. The SMILES string of the molecule is COC(=O)N(C)c1ccc(NC(=O)C=Cc2cc(C(F)(F)F)ccc2Cl)cc1. The number of hydrogen-bond donors (Lipinski definition) is 1. The Balaban J connectivity index is 2.07. The molecule has 1 N–H and O–H groups in total. The summed E-state index contributed by atoms with van der Waals surface area (Å²) in [5.74, 6) is -0.553. The van der Waals surface area contributed by atoms with Crippen molar-refractivity contribution in [2.75, 3.05) is 24.4 Å². The molecule has 2 aromatic carbocycles. The summed E-state index contributed by atoms with van der Waals surface area (Å²) in [5.41, 5.74) is 0.201. The van der Waals surface area contributed by atoms with Crippen LogP contribution in [0.5, 0.6) is 0 Å². The van der Waals surface area contributed by atoms with Crippen LogP contribution < -0.4 is 10.2 Å². The van der Waals surface area contributed by atoms with Crippen molar-refractivity contribution in [3.8, 4) is 0 Å². The Morgan fingerprint density at radius 2 is 1.79 bits per heavy atom. The van der Waals surface area contributed by atoms with Crippen LogP contribution in [-0.2, 0) is 15.7 Å². The number of ether oxygens (including phenoxy) is 1. The van der Waals surface area contributed by atoms with E-state index in [4.69, 9.17) is 11.6 Å². The first kappa shape index (κ1) is 21.3. The number of rotatable bonds is 4. The molecule has 0 atom stereocenters. The molecule has 2 amide bonds. The van der Waals surface area contributed by atoms with Gasteiger partial charge in [-0.2, -0.15) is 13.2 Å². The average molecular weight is 413 g/mol. The number of benzene rings is 2. The van der Waals surface area contributed by atoms with Crippen LogP contribution in [0, 0.1) is 0 Å². The maximum atomic E-state index is 12.8. The first-order valence-corrected chi connectivity index (χ1v) is 8.27.